The van der Waals surface area contributed by atoms with Crippen LogP contribution in [0.15, 0.2) is 23.1 Å². The number of carbonyl (C=O) groups is 1. The van der Waals surface area contributed by atoms with Crippen molar-refractivity contribution in [3.8, 4) is 0 Å². The van der Waals surface area contributed by atoms with Crippen molar-refractivity contribution in [2.75, 3.05) is 12.4 Å². The summed E-state index contributed by atoms with van der Waals surface area (Å²) >= 11 is 0. The molecule has 2 aromatic rings. The molecule has 0 bridgehead atoms. The highest BCUT2D eigenvalue weighted by atomic mass is 32.2. The second-order valence-corrected chi connectivity index (χ2v) is 7.17. The van der Waals surface area contributed by atoms with Gasteiger partial charge in [-0.2, -0.15) is 0 Å². The maximum atomic E-state index is 12.7. The van der Waals surface area contributed by atoms with Gasteiger partial charge in [-0.25, -0.2) is 9.78 Å². The van der Waals surface area contributed by atoms with Gasteiger partial charge in [0, 0.05) is 10.1 Å². The molecule has 0 radical (unpaired) electrons. The molecule has 1 aliphatic carbocycles. The van der Waals surface area contributed by atoms with Gasteiger partial charge in [0.1, 0.15) is 0 Å². The van der Waals surface area contributed by atoms with Gasteiger partial charge in [0.2, 0.25) is 5.95 Å². The smallest absolute Gasteiger partial charge is 0.413 e. The predicted octanol–water partition coefficient (Wildman–Crippen LogP) is 3.18. The summed E-state index contributed by atoms with van der Waals surface area (Å²) in [5, 5.41) is 2.74. The van der Waals surface area contributed by atoms with Gasteiger partial charge in [-0.3, -0.25) is 9.53 Å². The molecule has 1 fully saturated rings. The molecule has 1 atom stereocenters. The van der Waals surface area contributed by atoms with Gasteiger partial charge in [0.15, 0.2) is 0 Å². The van der Waals surface area contributed by atoms with Crippen LogP contribution in [0.25, 0.3) is 11.0 Å². The van der Waals surface area contributed by atoms with Crippen molar-refractivity contribution in [1.82, 2.24) is 9.97 Å². The van der Waals surface area contributed by atoms with Gasteiger partial charge < -0.3 is 9.72 Å². The quantitative estimate of drug-likeness (QED) is 0.909. The van der Waals surface area contributed by atoms with Gasteiger partial charge >= 0.3 is 6.09 Å². The van der Waals surface area contributed by atoms with Crippen LogP contribution < -0.4 is 5.32 Å². The van der Waals surface area contributed by atoms with Crippen LogP contribution in [-0.2, 0) is 15.5 Å². The molecule has 1 heterocycles. The molecule has 1 aliphatic rings. The molecule has 0 spiro atoms. The lowest BCUT2D eigenvalue weighted by molar-refractivity contribution is 0.186. The maximum Gasteiger partial charge on any atom is 0.413 e. The number of methoxy groups -OCH3 is 1. The first-order chi connectivity index (χ1) is 10.7. The van der Waals surface area contributed by atoms with E-state index >= 15 is 0 Å². The number of H-pyrrole nitrogens is 1. The van der Waals surface area contributed by atoms with E-state index in [1.165, 1.54) is 13.5 Å². The van der Waals surface area contributed by atoms with Crippen molar-refractivity contribution in [2.45, 2.75) is 42.2 Å². The minimum atomic E-state index is -0.989. The van der Waals surface area contributed by atoms with E-state index in [0.717, 1.165) is 41.6 Å². The summed E-state index contributed by atoms with van der Waals surface area (Å²) in [5.74, 6) is 0.322. The summed E-state index contributed by atoms with van der Waals surface area (Å²) in [6.07, 6.45) is 5.05. The highest BCUT2D eigenvalue weighted by Gasteiger charge is 2.21. The van der Waals surface area contributed by atoms with Gasteiger partial charge in [0.25, 0.3) is 0 Å². The van der Waals surface area contributed by atoms with Crippen LogP contribution in [0.4, 0.5) is 10.7 Å². The van der Waals surface area contributed by atoms with Crippen molar-refractivity contribution in [1.29, 1.82) is 0 Å². The van der Waals surface area contributed by atoms with Crippen LogP contribution in [0.5, 0.6) is 0 Å². The number of aromatic amines is 1. The number of hydrogen-bond donors (Lipinski definition) is 2. The first kappa shape index (κ1) is 15.0. The molecule has 0 aliphatic heterocycles. The highest BCUT2D eigenvalue weighted by molar-refractivity contribution is 7.85. The molecular weight excluding hydrogens is 302 g/mol. The Balaban J connectivity index is 1.82. The second-order valence-electron chi connectivity index (χ2n) is 5.44. The summed E-state index contributed by atoms with van der Waals surface area (Å²) in [6, 6.07) is 5.54. The predicted molar refractivity (Wildman–Crippen MR) is 85.4 cm³/mol. The van der Waals surface area contributed by atoms with Crippen LogP contribution in [0.3, 0.4) is 0 Å². The van der Waals surface area contributed by atoms with E-state index in [4.69, 9.17) is 0 Å². The van der Waals surface area contributed by atoms with E-state index < -0.39 is 16.9 Å². The Kier molecular flexibility index (Phi) is 4.42. The third kappa shape index (κ3) is 3.14. The number of imidazole rings is 1. The van der Waals surface area contributed by atoms with Crippen molar-refractivity contribution < 1.29 is 13.7 Å². The minimum absolute atomic E-state index is 0.252. The molecule has 118 valence electrons. The van der Waals surface area contributed by atoms with Crippen molar-refractivity contribution in [2.24, 2.45) is 0 Å². The number of rotatable bonds is 3. The van der Waals surface area contributed by atoms with Crippen LogP contribution in [-0.4, -0.2) is 32.6 Å². The fourth-order valence-corrected chi connectivity index (χ4v) is 4.37. The zero-order valence-electron chi connectivity index (χ0n) is 12.4. The highest BCUT2D eigenvalue weighted by Crippen LogP contribution is 2.27. The number of benzene rings is 1. The summed E-state index contributed by atoms with van der Waals surface area (Å²) in [7, 11) is 0.306. The third-order valence-corrected chi connectivity index (χ3v) is 5.74. The normalized spacial score (nSPS) is 17.3. The topological polar surface area (TPSA) is 84.1 Å². The lowest BCUT2D eigenvalue weighted by Gasteiger charge is -2.20. The van der Waals surface area contributed by atoms with E-state index in [2.05, 4.69) is 20.0 Å². The second kappa shape index (κ2) is 6.48. The van der Waals surface area contributed by atoms with Crippen molar-refractivity contribution in [3.63, 3.8) is 0 Å². The molecule has 1 unspecified atom stereocenters. The molecule has 2 N–H and O–H groups in total. The third-order valence-electron chi connectivity index (χ3n) is 3.95. The molecule has 0 saturated heterocycles. The number of amides is 1. The van der Waals surface area contributed by atoms with Crippen LogP contribution in [0, 0.1) is 0 Å². The van der Waals surface area contributed by atoms with E-state index in [1.807, 2.05) is 18.2 Å². The van der Waals surface area contributed by atoms with Gasteiger partial charge in [-0.05, 0) is 31.0 Å². The largest absolute Gasteiger partial charge is 0.453 e. The first-order valence-corrected chi connectivity index (χ1v) is 8.64. The summed E-state index contributed by atoms with van der Waals surface area (Å²) in [5.41, 5.74) is 1.48. The number of anilines is 1. The molecule has 22 heavy (non-hydrogen) atoms. The summed E-state index contributed by atoms with van der Waals surface area (Å²) in [6.45, 7) is 0. The Bertz CT molecular complexity index is 707. The maximum absolute atomic E-state index is 12.7. The van der Waals surface area contributed by atoms with Crippen LogP contribution in [0.1, 0.15) is 32.1 Å². The van der Waals surface area contributed by atoms with Crippen molar-refractivity contribution >= 4 is 33.9 Å². The minimum Gasteiger partial charge on any atom is -0.453 e. The van der Waals surface area contributed by atoms with Crippen LogP contribution in [0.2, 0.25) is 0 Å². The Morgan fingerprint density at radius 2 is 2.14 bits per heavy atom. The van der Waals surface area contributed by atoms with Crippen LogP contribution >= 0.6 is 0 Å². The zero-order chi connectivity index (χ0) is 15.5. The average Bonchev–Trinajstić information content (AvgIpc) is 2.96. The Labute approximate surface area is 131 Å². The number of nitrogens with zero attached hydrogens (tertiary/aromatic N) is 1. The van der Waals surface area contributed by atoms with Gasteiger partial charge in [0.05, 0.1) is 28.9 Å². The Morgan fingerprint density at radius 3 is 2.86 bits per heavy atom. The fraction of sp³-hybridized carbons (Fsp3) is 0.467. The molecule has 1 aromatic carbocycles. The first-order valence-electron chi connectivity index (χ1n) is 7.42. The SMILES string of the molecule is COC(=O)Nc1nc2ccc(S(=O)C3CCCCC3)cc2[nH]1. The van der Waals surface area contributed by atoms with Gasteiger partial charge in [-0.15, -0.1) is 0 Å². The summed E-state index contributed by atoms with van der Waals surface area (Å²) in [4.78, 5) is 19.3. The Hall–Kier alpha value is -1.89. The molecule has 1 saturated carbocycles. The van der Waals surface area contributed by atoms with E-state index in [-0.39, 0.29) is 5.25 Å². The standard InChI is InChI=1S/C15H19N3O3S/c1-21-15(19)18-14-16-12-8-7-11(9-13(12)17-14)22(20)10-5-3-2-4-6-10/h7-10H,2-6H2,1H3,(H2,16,17,18,19). The molecule has 3 rings (SSSR count). The summed E-state index contributed by atoms with van der Waals surface area (Å²) < 4.78 is 17.2. The van der Waals surface area contributed by atoms with Gasteiger partial charge in [-0.1, -0.05) is 19.3 Å². The monoisotopic (exact) mass is 321 g/mol. The molecule has 7 heteroatoms. The average molecular weight is 321 g/mol. The molecule has 6 nitrogen and oxygen atoms in total. The fourth-order valence-electron chi connectivity index (χ4n) is 2.79. The Morgan fingerprint density at radius 1 is 1.36 bits per heavy atom. The van der Waals surface area contributed by atoms with E-state index in [1.54, 1.807) is 0 Å². The lowest BCUT2D eigenvalue weighted by Crippen LogP contribution is -2.18. The molecular formula is C15H19N3O3S. The van der Waals surface area contributed by atoms with E-state index in [0.29, 0.717) is 5.95 Å². The lowest BCUT2D eigenvalue weighted by atomic mass is 10.0. The number of carbonyl (C=O) groups excluding carboxylic acids is 1. The number of aromatic nitrogens is 2. The van der Waals surface area contributed by atoms with E-state index in [9.17, 15) is 9.00 Å². The molecule has 1 amide bonds. The van der Waals surface area contributed by atoms with Crippen molar-refractivity contribution in [3.05, 3.63) is 18.2 Å². The number of ether oxygens (including phenoxy) is 1. The zero-order valence-corrected chi connectivity index (χ0v) is 13.2. The molecule has 1 aromatic heterocycles. The number of hydrogen-bond acceptors (Lipinski definition) is 4. The number of nitrogens with one attached hydrogen (secondary N) is 2. The number of fused-ring (bicyclic) bond motifs is 1.